The van der Waals surface area contributed by atoms with E-state index in [2.05, 4.69) is 15.5 Å². The van der Waals surface area contributed by atoms with Crippen LogP contribution in [0.3, 0.4) is 0 Å². The van der Waals surface area contributed by atoms with Gasteiger partial charge in [-0.2, -0.15) is 4.31 Å². The first-order chi connectivity index (χ1) is 17.9. The second-order valence-electron chi connectivity index (χ2n) is 9.52. The molecule has 1 saturated heterocycles. The van der Waals surface area contributed by atoms with E-state index >= 15 is 0 Å². The second kappa shape index (κ2) is 9.97. The number of thiophene rings is 1. The highest BCUT2D eigenvalue weighted by atomic mass is 32.2. The van der Waals surface area contributed by atoms with E-state index < -0.39 is 10.0 Å². The van der Waals surface area contributed by atoms with Gasteiger partial charge < -0.3 is 5.32 Å². The zero-order valence-electron chi connectivity index (χ0n) is 20.6. The van der Waals surface area contributed by atoms with E-state index in [-0.39, 0.29) is 16.6 Å². The number of rotatable bonds is 6. The minimum absolute atomic E-state index is 0.147. The van der Waals surface area contributed by atoms with Gasteiger partial charge in [0.2, 0.25) is 15.9 Å². The average Bonchev–Trinajstić information content (AvgIpc) is 3.50. The number of hydrogen-bond donors (Lipinski definition) is 1. The summed E-state index contributed by atoms with van der Waals surface area (Å²) in [6.07, 6.45) is 7.39. The van der Waals surface area contributed by atoms with Gasteiger partial charge in [-0.25, -0.2) is 13.4 Å². The maximum atomic E-state index is 12.8. The number of sulfonamides is 1. The predicted molar refractivity (Wildman–Crippen MR) is 146 cm³/mol. The molecule has 12 heteroatoms. The minimum Gasteiger partial charge on any atom is -0.325 e. The van der Waals surface area contributed by atoms with E-state index in [1.807, 2.05) is 11.3 Å². The largest absolute Gasteiger partial charge is 0.325 e. The van der Waals surface area contributed by atoms with Crippen LogP contribution in [0.15, 0.2) is 34.3 Å². The molecule has 0 bridgehead atoms. The third-order valence-corrected chi connectivity index (χ3v) is 11.0. The summed E-state index contributed by atoms with van der Waals surface area (Å²) in [6.45, 7) is 3.06. The van der Waals surface area contributed by atoms with Crippen molar-refractivity contribution in [3.63, 3.8) is 0 Å². The molecule has 194 valence electrons. The smallest absolute Gasteiger partial charge is 0.243 e. The molecule has 1 aliphatic heterocycles. The van der Waals surface area contributed by atoms with Gasteiger partial charge in [0, 0.05) is 23.7 Å². The van der Waals surface area contributed by atoms with Crippen molar-refractivity contribution in [3.05, 3.63) is 40.5 Å². The van der Waals surface area contributed by atoms with Crippen LogP contribution in [0, 0.1) is 6.92 Å². The van der Waals surface area contributed by atoms with E-state index in [0.29, 0.717) is 23.9 Å². The van der Waals surface area contributed by atoms with Gasteiger partial charge in [-0.05, 0) is 75.3 Å². The fourth-order valence-electron chi connectivity index (χ4n) is 5.17. The first kappa shape index (κ1) is 24.8. The van der Waals surface area contributed by atoms with Crippen molar-refractivity contribution >= 4 is 60.6 Å². The molecule has 1 amide bonds. The summed E-state index contributed by atoms with van der Waals surface area (Å²) in [7, 11) is -3.50. The van der Waals surface area contributed by atoms with Gasteiger partial charge >= 0.3 is 0 Å². The minimum atomic E-state index is -3.50. The highest BCUT2D eigenvalue weighted by Gasteiger charge is 2.26. The van der Waals surface area contributed by atoms with Crippen LogP contribution in [-0.4, -0.2) is 57.1 Å². The van der Waals surface area contributed by atoms with Crippen molar-refractivity contribution in [2.75, 3.05) is 24.2 Å². The van der Waals surface area contributed by atoms with Crippen molar-refractivity contribution in [2.24, 2.45) is 0 Å². The Kier molecular flexibility index (Phi) is 6.68. The lowest BCUT2D eigenvalue weighted by atomic mass is 9.97. The number of nitrogens with one attached hydrogen (secondary N) is 1. The van der Waals surface area contributed by atoms with Crippen LogP contribution >= 0.6 is 23.1 Å². The van der Waals surface area contributed by atoms with Crippen molar-refractivity contribution in [1.82, 2.24) is 23.9 Å². The van der Waals surface area contributed by atoms with Crippen LogP contribution < -0.4 is 5.32 Å². The Labute approximate surface area is 223 Å². The first-order valence-corrected chi connectivity index (χ1v) is 15.8. The summed E-state index contributed by atoms with van der Waals surface area (Å²) in [6, 6.07) is 6.38. The molecule has 1 aromatic carbocycles. The van der Waals surface area contributed by atoms with E-state index in [9.17, 15) is 13.2 Å². The molecule has 3 aromatic heterocycles. The van der Waals surface area contributed by atoms with Crippen LogP contribution in [0.1, 0.15) is 48.4 Å². The third kappa shape index (κ3) is 4.64. The molecule has 2 aliphatic rings. The molecule has 4 heterocycles. The number of anilines is 1. The molecular formula is C25H28N6O3S3. The summed E-state index contributed by atoms with van der Waals surface area (Å²) in [5, 5.41) is 13.5. The van der Waals surface area contributed by atoms with Crippen LogP contribution in [0.4, 0.5) is 5.69 Å². The molecule has 0 unspecified atom stereocenters. The zero-order valence-corrected chi connectivity index (χ0v) is 23.0. The molecule has 1 aliphatic carbocycles. The Morgan fingerprint density at radius 2 is 1.81 bits per heavy atom. The van der Waals surface area contributed by atoms with Crippen LogP contribution in [-0.2, 0) is 27.7 Å². The molecule has 0 spiro atoms. The summed E-state index contributed by atoms with van der Waals surface area (Å²) >= 11 is 3.08. The highest BCUT2D eigenvalue weighted by Crippen LogP contribution is 2.38. The summed E-state index contributed by atoms with van der Waals surface area (Å²) in [4.78, 5) is 20.2. The lowest BCUT2D eigenvalue weighted by molar-refractivity contribution is -0.113. The van der Waals surface area contributed by atoms with Gasteiger partial charge in [0.05, 0.1) is 16.0 Å². The lowest BCUT2D eigenvalue weighted by Gasteiger charge is -2.25. The molecular weight excluding hydrogens is 529 g/mol. The number of piperidine rings is 1. The number of nitrogens with zero attached hydrogens (tertiary/aromatic N) is 5. The highest BCUT2D eigenvalue weighted by molar-refractivity contribution is 7.99. The van der Waals surface area contributed by atoms with Crippen molar-refractivity contribution in [3.8, 4) is 0 Å². The zero-order chi connectivity index (χ0) is 25.6. The van der Waals surface area contributed by atoms with Crippen LogP contribution in [0.5, 0.6) is 0 Å². The van der Waals surface area contributed by atoms with Gasteiger partial charge in [0.25, 0.3) is 0 Å². The Morgan fingerprint density at radius 3 is 2.59 bits per heavy atom. The van der Waals surface area contributed by atoms with Crippen molar-refractivity contribution < 1.29 is 13.2 Å². The van der Waals surface area contributed by atoms with Gasteiger partial charge in [0.15, 0.2) is 10.8 Å². The fourth-order valence-corrected chi connectivity index (χ4v) is 8.76. The quantitative estimate of drug-likeness (QED) is 0.350. The normalized spacial score (nSPS) is 16.8. The number of aryl methyl sites for hydroxylation is 3. The van der Waals surface area contributed by atoms with E-state index in [4.69, 9.17) is 4.98 Å². The number of carbonyl (C=O) groups excluding carboxylic acids is 1. The third-order valence-electron chi connectivity index (χ3n) is 7.02. The standard InChI is InChI=1S/C25H28N6O3S3/c1-16-26-24-22(19-7-3-4-8-20(19)36-24)23-28-29-25(31(16)23)35-15-21(32)27-17-9-11-18(12-10-17)37(33,34)30-13-5-2-6-14-30/h9-12H,2-8,13-15H2,1H3,(H,27,32). The molecule has 9 nitrogen and oxygen atoms in total. The van der Waals surface area contributed by atoms with Gasteiger partial charge in [-0.15, -0.1) is 21.5 Å². The summed E-state index contributed by atoms with van der Waals surface area (Å²) < 4.78 is 29.2. The van der Waals surface area contributed by atoms with Gasteiger partial charge in [0.1, 0.15) is 10.7 Å². The second-order valence-corrected chi connectivity index (χ2v) is 13.5. The first-order valence-electron chi connectivity index (χ1n) is 12.6. The number of aromatic nitrogens is 4. The number of thioether (sulfide) groups is 1. The topological polar surface area (TPSA) is 110 Å². The number of carbonyl (C=O) groups is 1. The molecule has 4 aromatic rings. The van der Waals surface area contributed by atoms with E-state index in [1.165, 1.54) is 35.0 Å². The average molecular weight is 557 g/mol. The van der Waals surface area contributed by atoms with E-state index in [1.54, 1.807) is 39.9 Å². The molecule has 1 N–H and O–H groups in total. The Morgan fingerprint density at radius 1 is 1.05 bits per heavy atom. The predicted octanol–water partition coefficient (Wildman–Crippen LogP) is 4.43. The Balaban J connectivity index is 1.15. The molecule has 6 rings (SSSR count). The monoisotopic (exact) mass is 556 g/mol. The van der Waals surface area contributed by atoms with Gasteiger partial charge in [-0.1, -0.05) is 18.2 Å². The number of amides is 1. The van der Waals surface area contributed by atoms with Crippen LogP contribution in [0.25, 0.3) is 15.9 Å². The van der Waals surface area contributed by atoms with Crippen molar-refractivity contribution in [1.29, 1.82) is 0 Å². The Hall–Kier alpha value is -2.54. The van der Waals surface area contributed by atoms with E-state index in [0.717, 1.165) is 53.8 Å². The number of benzene rings is 1. The number of fused-ring (bicyclic) bond motifs is 5. The molecule has 37 heavy (non-hydrogen) atoms. The molecule has 0 saturated carbocycles. The maximum absolute atomic E-state index is 12.8. The Bertz CT molecular complexity index is 1590. The lowest BCUT2D eigenvalue weighted by Crippen LogP contribution is -2.35. The summed E-state index contributed by atoms with van der Waals surface area (Å²) in [5.41, 5.74) is 2.73. The fraction of sp³-hybridized carbons (Fsp3) is 0.440. The molecule has 0 atom stereocenters. The molecule has 1 fully saturated rings. The molecule has 0 radical (unpaired) electrons. The maximum Gasteiger partial charge on any atom is 0.243 e. The SMILES string of the molecule is Cc1nc2sc3c(c2c2nnc(SCC(=O)Nc4ccc(S(=O)(=O)N5CCCCC5)cc4)n12)CCCC3. The van der Waals surface area contributed by atoms with Crippen LogP contribution in [0.2, 0.25) is 0 Å². The summed E-state index contributed by atoms with van der Waals surface area (Å²) in [5.74, 6) is 0.751. The number of hydrogen-bond acceptors (Lipinski definition) is 8. The van der Waals surface area contributed by atoms with Gasteiger partial charge in [-0.3, -0.25) is 9.20 Å². The van der Waals surface area contributed by atoms with Crippen molar-refractivity contribution in [2.45, 2.75) is 61.9 Å².